The Kier molecular flexibility index (Phi) is 4.70. The lowest BCUT2D eigenvalue weighted by atomic mass is 9.84. The van der Waals surface area contributed by atoms with Crippen LogP contribution in [0.25, 0.3) is 10.9 Å². The summed E-state index contributed by atoms with van der Waals surface area (Å²) in [6.45, 7) is 1.56. The molecule has 1 amide bonds. The molecule has 3 heterocycles. The molecule has 1 aromatic carbocycles. The van der Waals surface area contributed by atoms with Gasteiger partial charge in [-0.15, -0.1) is 0 Å². The van der Waals surface area contributed by atoms with Crippen LogP contribution < -0.4 is 5.56 Å². The maximum Gasteiger partial charge on any atom is 0.309 e. The van der Waals surface area contributed by atoms with E-state index < -0.39 is 11.9 Å². The highest BCUT2D eigenvalue weighted by molar-refractivity contribution is 6.05. The average molecular weight is 370 g/mol. The molecule has 2 fully saturated rings. The standard InChI is InChI=1S/C20H22N2O5/c23-17-11-15(13-3-1-2-4-16(13)21-17)19(24)22-8-5-12(6-9-22)18-14(20(25)26)7-10-27-18/h1-4,11-12,14,18H,5-10H2,(H,21,23)(H,25,26)/t14?,18-/m0/s1. The molecule has 142 valence electrons. The average Bonchev–Trinajstić information content (AvgIpc) is 3.17. The molecule has 0 aliphatic carbocycles. The van der Waals surface area contributed by atoms with Crippen molar-refractivity contribution < 1.29 is 19.4 Å². The number of aromatic amines is 1. The fourth-order valence-corrected chi connectivity index (χ4v) is 4.32. The number of nitrogens with one attached hydrogen (secondary N) is 1. The number of rotatable bonds is 3. The summed E-state index contributed by atoms with van der Waals surface area (Å²) in [5.41, 5.74) is 0.760. The Balaban J connectivity index is 1.50. The van der Waals surface area contributed by atoms with Crippen molar-refractivity contribution in [2.45, 2.75) is 25.4 Å². The summed E-state index contributed by atoms with van der Waals surface area (Å²) >= 11 is 0. The molecule has 2 saturated heterocycles. The molecule has 2 aliphatic heterocycles. The third-order valence-electron chi connectivity index (χ3n) is 5.73. The van der Waals surface area contributed by atoms with Crippen molar-refractivity contribution in [2.24, 2.45) is 11.8 Å². The van der Waals surface area contributed by atoms with Crippen LogP contribution in [0.4, 0.5) is 0 Å². The molecule has 27 heavy (non-hydrogen) atoms. The summed E-state index contributed by atoms with van der Waals surface area (Å²) in [4.78, 5) is 40.8. The number of H-pyrrole nitrogens is 1. The minimum Gasteiger partial charge on any atom is -0.481 e. The van der Waals surface area contributed by atoms with Gasteiger partial charge in [0.2, 0.25) is 5.56 Å². The number of benzene rings is 1. The molecular formula is C20H22N2O5. The third kappa shape index (κ3) is 3.35. The molecule has 7 nitrogen and oxygen atoms in total. The maximum absolute atomic E-state index is 13.0. The van der Waals surface area contributed by atoms with Crippen LogP contribution in [0, 0.1) is 11.8 Å². The number of nitrogens with zero attached hydrogens (tertiary/aromatic N) is 1. The quantitative estimate of drug-likeness (QED) is 0.859. The first-order valence-electron chi connectivity index (χ1n) is 9.30. The molecule has 2 N–H and O–H groups in total. The summed E-state index contributed by atoms with van der Waals surface area (Å²) in [5.74, 6) is -1.26. The van der Waals surface area contributed by atoms with Crippen LogP contribution >= 0.6 is 0 Å². The van der Waals surface area contributed by atoms with Crippen molar-refractivity contribution >= 4 is 22.8 Å². The fraction of sp³-hybridized carbons (Fsp3) is 0.450. The SMILES string of the molecule is O=C(O)C1CCO[C@H]1C1CCN(C(=O)c2cc(=O)[nH]c3ccccc23)CC1. The maximum atomic E-state index is 13.0. The topological polar surface area (TPSA) is 99.7 Å². The van der Waals surface area contributed by atoms with Gasteiger partial charge >= 0.3 is 5.97 Å². The van der Waals surface area contributed by atoms with E-state index in [1.807, 2.05) is 18.2 Å². The second-order valence-electron chi connectivity index (χ2n) is 7.29. The number of pyridine rings is 1. The highest BCUT2D eigenvalue weighted by atomic mass is 16.5. The molecule has 0 bridgehead atoms. The van der Waals surface area contributed by atoms with Crippen molar-refractivity contribution in [3.8, 4) is 0 Å². The number of carboxylic acids is 1. The predicted molar refractivity (Wildman–Crippen MR) is 98.7 cm³/mol. The summed E-state index contributed by atoms with van der Waals surface area (Å²) in [7, 11) is 0. The Labute approximate surface area is 155 Å². The summed E-state index contributed by atoms with van der Waals surface area (Å²) in [6.07, 6.45) is 1.71. The highest BCUT2D eigenvalue weighted by Gasteiger charge is 2.40. The van der Waals surface area contributed by atoms with Gasteiger partial charge in [-0.25, -0.2) is 0 Å². The van der Waals surface area contributed by atoms with E-state index in [2.05, 4.69) is 4.98 Å². The lowest BCUT2D eigenvalue weighted by Crippen LogP contribution is -2.43. The van der Waals surface area contributed by atoms with E-state index in [-0.39, 0.29) is 23.5 Å². The Morgan fingerprint density at radius 2 is 1.89 bits per heavy atom. The Morgan fingerprint density at radius 3 is 2.63 bits per heavy atom. The lowest BCUT2D eigenvalue weighted by Gasteiger charge is -2.35. The first-order valence-corrected chi connectivity index (χ1v) is 9.30. The second-order valence-corrected chi connectivity index (χ2v) is 7.29. The van der Waals surface area contributed by atoms with E-state index in [9.17, 15) is 19.5 Å². The van der Waals surface area contributed by atoms with Gasteiger partial charge in [0, 0.05) is 36.7 Å². The van der Waals surface area contributed by atoms with E-state index in [0.717, 1.165) is 5.39 Å². The van der Waals surface area contributed by atoms with Gasteiger partial charge in [-0.05, 0) is 31.2 Å². The van der Waals surface area contributed by atoms with Crippen LogP contribution in [0.2, 0.25) is 0 Å². The van der Waals surface area contributed by atoms with Crippen LogP contribution in [0.3, 0.4) is 0 Å². The first-order chi connectivity index (χ1) is 13.0. The monoisotopic (exact) mass is 370 g/mol. The molecule has 1 aromatic heterocycles. The minimum absolute atomic E-state index is 0.147. The van der Waals surface area contributed by atoms with Gasteiger partial charge in [-0.3, -0.25) is 14.4 Å². The molecule has 1 unspecified atom stereocenters. The molecule has 7 heteroatoms. The third-order valence-corrected chi connectivity index (χ3v) is 5.73. The molecule has 2 aromatic rings. The number of hydrogen-bond donors (Lipinski definition) is 2. The number of carbonyl (C=O) groups excluding carboxylic acids is 1. The predicted octanol–water partition coefficient (Wildman–Crippen LogP) is 1.87. The van der Waals surface area contributed by atoms with E-state index in [4.69, 9.17) is 4.74 Å². The minimum atomic E-state index is -0.800. The number of amides is 1. The second kappa shape index (κ2) is 7.15. The number of carboxylic acid groups (broad SMARTS) is 1. The molecule has 0 spiro atoms. The van der Waals surface area contributed by atoms with Crippen molar-refractivity contribution in [2.75, 3.05) is 19.7 Å². The van der Waals surface area contributed by atoms with Crippen molar-refractivity contribution in [3.05, 3.63) is 46.2 Å². The molecule has 0 radical (unpaired) electrons. The van der Waals surface area contributed by atoms with Crippen LogP contribution in [0.15, 0.2) is 35.1 Å². The van der Waals surface area contributed by atoms with E-state index in [0.29, 0.717) is 50.0 Å². The van der Waals surface area contributed by atoms with Crippen molar-refractivity contribution in [3.63, 3.8) is 0 Å². The molecule has 0 saturated carbocycles. The van der Waals surface area contributed by atoms with Gasteiger partial charge in [-0.1, -0.05) is 18.2 Å². The largest absolute Gasteiger partial charge is 0.481 e. The zero-order valence-corrected chi connectivity index (χ0v) is 14.9. The normalized spacial score (nSPS) is 23.6. The lowest BCUT2D eigenvalue weighted by molar-refractivity contribution is -0.145. The number of aliphatic carboxylic acids is 1. The smallest absolute Gasteiger partial charge is 0.309 e. The number of piperidine rings is 1. The number of aromatic nitrogens is 1. The Morgan fingerprint density at radius 1 is 1.15 bits per heavy atom. The number of carbonyl (C=O) groups is 2. The summed E-state index contributed by atoms with van der Waals surface area (Å²) in [5, 5.41) is 10.1. The van der Waals surface area contributed by atoms with Crippen LogP contribution in [-0.2, 0) is 9.53 Å². The van der Waals surface area contributed by atoms with Gasteiger partial charge in [0.15, 0.2) is 0 Å². The van der Waals surface area contributed by atoms with Crippen LogP contribution in [0.1, 0.15) is 29.6 Å². The van der Waals surface area contributed by atoms with Crippen molar-refractivity contribution in [1.82, 2.24) is 9.88 Å². The number of para-hydroxylation sites is 1. The van der Waals surface area contributed by atoms with E-state index in [1.54, 1.807) is 11.0 Å². The number of likely N-dealkylation sites (tertiary alicyclic amines) is 1. The molecule has 4 rings (SSSR count). The van der Waals surface area contributed by atoms with Crippen LogP contribution in [-0.4, -0.2) is 52.7 Å². The van der Waals surface area contributed by atoms with E-state index in [1.165, 1.54) is 6.07 Å². The van der Waals surface area contributed by atoms with Crippen LogP contribution in [0.5, 0.6) is 0 Å². The van der Waals surface area contributed by atoms with Gasteiger partial charge in [0.1, 0.15) is 0 Å². The van der Waals surface area contributed by atoms with Crippen molar-refractivity contribution in [1.29, 1.82) is 0 Å². The number of hydrogen-bond acceptors (Lipinski definition) is 4. The van der Waals surface area contributed by atoms with Gasteiger partial charge < -0.3 is 19.7 Å². The zero-order chi connectivity index (χ0) is 19.0. The summed E-state index contributed by atoms with van der Waals surface area (Å²) < 4.78 is 5.69. The first kappa shape index (κ1) is 17.7. The fourth-order valence-electron chi connectivity index (χ4n) is 4.32. The van der Waals surface area contributed by atoms with Gasteiger partial charge in [0.25, 0.3) is 5.91 Å². The van der Waals surface area contributed by atoms with Gasteiger partial charge in [-0.2, -0.15) is 0 Å². The number of fused-ring (bicyclic) bond motifs is 1. The molecule has 2 atom stereocenters. The molecule has 2 aliphatic rings. The van der Waals surface area contributed by atoms with E-state index >= 15 is 0 Å². The number of ether oxygens (including phenoxy) is 1. The van der Waals surface area contributed by atoms with Gasteiger partial charge in [0.05, 0.1) is 17.6 Å². The molecular weight excluding hydrogens is 348 g/mol. The Hall–Kier alpha value is -2.67. The summed E-state index contributed by atoms with van der Waals surface area (Å²) in [6, 6.07) is 8.63. The Bertz CT molecular complexity index is 929. The zero-order valence-electron chi connectivity index (χ0n) is 14.9. The highest BCUT2D eigenvalue weighted by Crippen LogP contribution is 2.33.